The number of nitro benzene ring substituents is 1. The lowest BCUT2D eigenvalue weighted by Crippen LogP contribution is -2.48. The zero-order valence-corrected chi connectivity index (χ0v) is 14.5. The predicted octanol–water partition coefficient (Wildman–Crippen LogP) is 2.14. The van der Waals surface area contributed by atoms with Crippen molar-refractivity contribution in [3.8, 4) is 5.69 Å². The third-order valence-corrected chi connectivity index (χ3v) is 5.52. The minimum Gasteiger partial charge on any atom is -0.339 e. The molecule has 1 N–H and O–H groups in total. The highest BCUT2D eigenvalue weighted by molar-refractivity contribution is 5.95. The molecule has 0 aliphatic carbocycles. The van der Waals surface area contributed by atoms with Gasteiger partial charge in [0, 0.05) is 49.2 Å². The fourth-order valence-electron chi connectivity index (χ4n) is 4.14. The summed E-state index contributed by atoms with van der Waals surface area (Å²) >= 11 is 0. The number of hydrogen-bond donors (Lipinski definition) is 1. The van der Waals surface area contributed by atoms with Crippen LogP contribution in [0.1, 0.15) is 36.0 Å². The molecule has 3 heterocycles. The van der Waals surface area contributed by atoms with Crippen molar-refractivity contribution in [1.29, 1.82) is 0 Å². The van der Waals surface area contributed by atoms with Crippen molar-refractivity contribution in [2.75, 3.05) is 7.05 Å². The summed E-state index contributed by atoms with van der Waals surface area (Å²) in [6.45, 7) is 0. The smallest absolute Gasteiger partial charge is 0.294 e. The van der Waals surface area contributed by atoms with E-state index in [9.17, 15) is 14.9 Å². The van der Waals surface area contributed by atoms with Crippen LogP contribution < -0.4 is 5.32 Å². The van der Waals surface area contributed by atoms with Crippen LogP contribution in [0.5, 0.6) is 0 Å². The van der Waals surface area contributed by atoms with Crippen molar-refractivity contribution in [1.82, 2.24) is 19.8 Å². The fourth-order valence-corrected chi connectivity index (χ4v) is 4.14. The molecular formula is C18H21N5O3. The summed E-state index contributed by atoms with van der Waals surface area (Å²) in [5.41, 5.74) is 0.633. The largest absolute Gasteiger partial charge is 0.339 e. The van der Waals surface area contributed by atoms with E-state index >= 15 is 0 Å². The number of imidazole rings is 1. The Bertz CT molecular complexity index is 823. The molecule has 1 aromatic heterocycles. The number of fused-ring (bicyclic) bond motifs is 2. The third-order valence-electron chi connectivity index (χ3n) is 5.52. The first kappa shape index (κ1) is 16.7. The van der Waals surface area contributed by atoms with Crippen LogP contribution in [0.4, 0.5) is 5.69 Å². The fraction of sp³-hybridized carbons (Fsp3) is 0.444. The first-order chi connectivity index (χ1) is 12.5. The normalized spacial score (nSPS) is 24.4. The summed E-state index contributed by atoms with van der Waals surface area (Å²) in [7, 11) is 1.80. The SMILES string of the molecule is CN(C(=O)c1ccc(-n2ccnc2)c([N+](=O)[O-])c1)C1CC2CCC(C1)N2. The van der Waals surface area contributed by atoms with Gasteiger partial charge in [-0.2, -0.15) is 0 Å². The van der Waals surface area contributed by atoms with Gasteiger partial charge in [-0.25, -0.2) is 4.98 Å². The lowest BCUT2D eigenvalue weighted by Gasteiger charge is -2.35. The van der Waals surface area contributed by atoms with Gasteiger partial charge in [0.2, 0.25) is 0 Å². The van der Waals surface area contributed by atoms with Crippen LogP contribution in [0.2, 0.25) is 0 Å². The Balaban J connectivity index is 1.59. The van der Waals surface area contributed by atoms with E-state index in [1.807, 2.05) is 0 Å². The zero-order valence-electron chi connectivity index (χ0n) is 14.5. The van der Waals surface area contributed by atoms with E-state index in [2.05, 4.69) is 10.3 Å². The van der Waals surface area contributed by atoms with Crippen LogP contribution in [-0.2, 0) is 0 Å². The number of aromatic nitrogens is 2. The maximum absolute atomic E-state index is 12.9. The van der Waals surface area contributed by atoms with Crippen LogP contribution in [-0.4, -0.2) is 50.5 Å². The van der Waals surface area contributed by atoms with E-state index < -0.39 is 4.92 Å². The van der Waals surface area contributed by atoms with E-state index in [1.54, 1.807) is 41.0 Å². The molecule has 8 nitrogen and oxygen atoms in total. The van der Waals surface area contributed by atoms with Crippen molar-refractivity contribution in [3.63, 3.8) is 0 Å². The van der Waals surface area contributed by atoms with E-state index in [0.29, 0.717) is 23.3 Å². The van der Waals surface area contributed by atoms with Gasteiger partial charge in [-0.15, -0.1) is 0 Å². The second-order valence-electron chi connectivity index (χ2n) is 7.11. The number of rotatable bonds is 4. The third kappa shape index (κ3) is 2.96. The van der Waals surface area contributed by atoms with Crippen molar-refractivity contribution in [2.45, 2.75) is 43.8 Å². The average Bonchev–Trinajstić information content (AvgIpc) is 3.29. The summed E-state index contributed by atoms with van der Waals surface area (Å²) < 4.78 is 1.57. The average molecular weight is 355 g/mol. The number of carbonyl (C=O) groups is 1. The quantitative estimate of drug-likeness (QED) is 0.670. The number of piperidine rings is 1. The Morgan fingerprint density at radius 2 is 2.08 bits per heavy atom. The lowest BCUT2D eigenvalue weighted by atomic mass is 9.98. The first-order valence-corrected chi connectivity index (χ1v) is 8.83. The van der Waals surface area contributed by atoms with E-state index in [1.165, 1.54) is 12.4 Å². The molecule has 2 saturated heterocycles. The van der Waals surface area contributed by atoms with Crippen LogP contribution in [0.3, 0.4) is 0 Å². The van der Waals surface area contributed by atoms with Crippen LogP contribution in [0.25, 0.3) is 5.69 Å². The first-order valence-electron chi connectivity index (χ1n) is 8.83. The summed E-state index contributed by atoms with van der Waals surface area (Å²) in [5.74, 6) is -0.170. The number of nitrogens with zero attached hydrogens (tertiary/aromatic N) is 4. The summed E-state index contributed by atoms with van der Waals surface area (Å²) in [6, 6.07) is 5.75. The van der Waals surface area contributed by atoms with Crippen molar-refractivity contribution in [3.05, 3.63) is 52.6 Å². The Hall–Kier alpha value is -2.74. The topological polar surface area (TPSA) is 93.3 Å². The van der Waals surface area contributed by atoms with Gasteiger partial charge in [0.25, 0.3) is 11.6 Å². The summed E-state index contributed by atoms with van der Waals surface area (Å²) in [6.07, 6.45) is 8.90. The summed E-state index contributed by atoms with van der Waals surface area (Å²) in [5, 5.41) is 15.1. The van der Waals surface area contributed by atoms with Crippen molar-refractivity contribution in [2.24, 2.45) is 0 Å². The molecule has 2 aliphatic heterocycles. The minimum absolute atomic E-state index is 0.104. The van der Waals surface area contributed by atoms with E-state index in [4.69, 9.17) is 0 Å². The molecule has 0 radical (unpaired) electrons. The Morgan fingerprint density at radius 3 is 2.69 bits per heavy atom. The maximum atomic E-state index is 12.9. The van der Waals surface area contributed by atoms with Crippen LogP contribution >= 0.6 is 0 Å². The van der Waals surface area contributed by atoms with Gasteiger partial charge >= 0.3 is 0 Å². The molecule has 4 rings (SSSR count). The van der Waals surface area contributed by atoms with E-state index in [-0.39, 0.29) is 17.6 Å². The molecule has 2 unspecified atom stereocenters. The molecule has 2 aromatic rings. The lowest BCUT2D eigenvalue weighted by molar-refractivity contribution is -0.384. The van der Waals surface area contributed by atoms with Gasteiger partial charge < -0.3 is 14.8 Å². The number of carbonyl (C=O) groups excluding carboxylic acids is 1. The van der Waals surface area contributed by atoms with Gasteiger partial charge in [-0.05, 0) is 37.8 Å². The van der Waals surface area contributed by atoms with Crippen LogP contribution in [0.15, 0.2) is 36.9 Å². The molecule has 1 amide bonds. The molecule has 136 valence electrons. The van der Waals surface area contributed by atoms with Gasteiger partial charge in [0.1, 0.15) is 5.69 Å². The number of benzene rings is 1. The van der Waals surface area contributed by atoms with Gasteiger partial charge in [-0.1, -0.05) is 0 Å². The standard InChI is InChI=1S/C18H21N5O3/c1-21(15-9-13-3-4-14(10-15)20-13)18(24)12-2-5-16(17(8-12)23(25)26)22-7-6-19-11-22/h2,5-8,11,13-15,20H,3-4,9-10H2,1H3. The molecule has 0 spiro atoms. The second-order valence-corrected chi connectivity index (χ2v) is 7.11. The second kappa shape index (κ2) is 6.53. The number of amides is 1. The number of nitrogens with one attached hydrogen (secondary N) is 1. The zero-order chi connectivity index (χ0) is 18.3. The molecule has 26 heavy (non-hydrogen) atoms. The van der Waals surface area contributed by atoms with Crippen molar-refractivity contribution >= 4 is 11.6 Å². The van der Waals surface area contributed by atoms with Gasteiger partial charge in [0.05, 0.1) is 11.3 Å². The van der Waals surface area contributed by atoms with Crippen LogP contribution in [0, 0.1) is 10.1 Å². The molecule has 2 aliphatic rings. The highest BCUT2D eigenvalue weighted by Gasteiger charge is 2.36. The van der Waals surface area contributed by atoms with Gasteiger partial charge in [0.15, 0.2) is 0 Å². The molecule has 1 aromatic carbocycles. The predicted molar refractivity (Wildman–Crippen MR) is 95.3 cm³/mol. The van der Waals surface area contributed by atoms with E-state index in [0.717, 1.165) is 25.7 Å². The maximum Gasteiger partial charge on any atom is 0.294 e. The highest BCUT2D eigenvalue weighted by atomic mass is 16.6. The molecule has 8 heteroatoms. The molecular weight excluding hydrogens is 334 g/mol. The summed E-state index contributed by atoms with van der Waals surface area (Å²) in [4.78, 5) is 29.6. The monoisotopic (exact) mass is 355 g/mol. The number of nitro groups is 1. The Labute approximate surface area is 151 Å². The Kier molecular flexibility index (Phi) is 4.20. The molecule has 0 saturated carbocycles. The van der Waals surface area contributed by atoms with Crippen molar-refractivity contribution < 1.29 is 9.72 Å². The molecule has 2 atom stereocenters. The minimum atomic E-state index is -0.461. The van der Waals surface area contributed by atoms with Gasteiger partial charge in [-0.3, -0.25) is 14.9 Å². The molecule has 2 fully saturated rings. The number of hydrogen-bond acceptors (Lipinski definition) is 5. The highest BCUT2D eigenvalue weighted by Crippen LogP contribution is 2.31. The Morgan fingerprint density at radius 1 is 1.35 bits per heavy atom. The molecule has 2 bridgehead atoms.